The first-order valence-electron chi connectivity index (χ1n) is 9.47. The van der Waals surface area contributed by atoms with Crippen molar-refractivity contribution in [3.05, 3.63) is 75.8 Å². The Kier molecular flexibility index (Phi) is 6.62. The minimum Gasteiger partial charge on any atom is -0.494 e. The Bertz CT molecular complexity index is 1320. The lowest BCUT2D eigenvalue weighted by Gasteiger charge is -2.14. The fraction of sp³-hybridized carbons (Fsp3) is 0.0870. The van der Waals surface area contributed by atoms with Crippen molar-refractivity contribution in [1.82, 2.24) is 10.3 Å². The number of anilines is 1. The highest BCUT2D eigenvalue weighted by Gasteiger charge is 2.18. The summed E-state index contributed by atoms with van der Waals surface area (Å²) in [7, 11) is 1.43. The van der Waals surface area contributed by atoms with Crippen LogP contribution < -0.4 is 15.4 Å². The van der Waals surface area contributed by atoms with Gasteiger partial charge in [-0.1, -0.05) is 35.3 Å². The number of fused-ring (bicyclic) bond motifs is 1. The van der Waals surface area contributed by atoms with E-state index < -0.39 is 5.91 Å². The number of thiocarbonyl (C=S) groups is 1. The molecule has 9 heteroatoms. The van der Waals surface area contributed by atoms with Gasteiger partial charge in [0.25, 0.3) is 5.91 Å². The number of methoxy groups -OCH3 is 1. The summed E-state index contributed by atoms with van der Waals surface area (Å²) in [5.74, 6) is -0.250. The Labute approximate surface area is 204 Å². The van der Waals surface area contributed by atoms with E-state index in [1.165, 1.54) is 19.2 Å². The number of halogens is 2. The predicted molar refractivity (Wildman–Crippen MR) is 136 cm³/mol. The van der Waals surface area contributed by atoms with Gasteiger partial charge >= 0.3 is 0 Å². The molecular formula is C23H17Cl2N3O2S2. The second kappa shape index (κ2) is 9.42. The van der Waals surface area contributed by atoms with Crippen molar-refractivity contribution < 1.29 is 9.53 Å². The summed E-state index contributed by atoms with van der Waals surface area (Å²) in [5, 5.41) is 7.35. The van der Waals surface area contributed by atoms with Crippen molar-refractivity contribution in [2.24, 2.45) is 0 Å². The number of ether oxygens (including phenoxy) is 1. The van der Waals surface area contributed by atoms with E-state index in [9.17, 15) is 4.79 Å². The molecule has 0 atom stereocenters. The zero-order valence-electron chi connectivity index (χ0n) is 17.0. The molecule has 0 fully saturated rings. The Morgan fingerprint density at radius 1 is 1.12 bits per heavy atom. The number of benzene rings is 3. The van der Waals surface area contributed by atoms with Crippen LogP contribution in [0.2, 0.25) is 10.0 Å². The fourth-order valence-corrected chi connectivity index (χ4v) is 4.93. The highest BCUT2D eigenvalue weighted by Crippen LogP contribution is 2.33. The quantitative estimate of drug-likeness (QED) is 0.304. The molecule has 0 aliphatic rings. The maximum atomic E-state index is 12.7. The van der Waals surface area contributed by atoms with E-state index in [2.05, 4.69) is 16.7 Å². The summed E-state index contributed by atoms with van der Waals surface area (Å²) >= 11 is 19.1. The standard InChI is InChI=1S/C23H17Cl2N3O2S2/c1-12-9-13(22-26-18-5-3-4-6-19(18)32-22)7-8-17(12)27-23(31)28-21(29)15-10-14(24)11-16(25)20(15)30-2/h3-11H,1-2H3,(H2,27,28,29,31). The van der Waals surface area contributed by atoms with Crippen LogP contribution in [-0.4, -0.2) is 23.1 Å². The molecule has 0 aliphatic heterocycles. The summed E-state index contributed by atoms with van der Waals surface area (Å²) in [5.41, 5.74) is 3.92. The van der Waals surface area contributed by atoms with E-state index in [-0.39, 0.29) is 21.4 Å². The van der Waals surface area contributed by atoms with Gasteiger partial charge in [-0.2, -0.15) is 0 Å². The molecule has 0 radical (unpaired) electrons. The van der Waals surface area contributed by atoms with Crippen LogP contribution in [0.3, 0.4) is 0 Å². The molecule has 0 bridgehead atoms. The second-order valence-electron chi connectivity index (χ2n) is 6.89. The molecule has 0 spiro atoms. The molecule has 5 nitrogen and oxygen atoms in total. The molecule has 32 heavy (non-hydrogen) atoms. The molecule has 4 rings (SSSR count). The first-order valence-corrected chi connectivity index (χ1v) is 11.5. The van der Waals surface area contributed by atoms with Crippen LogP contribution in [-0.2, 0) is 0 Å². The van der Waals surface area contributed by atoms with E-state index in [1.54, 1.807) is 11.3 Å². The molecule has 1 heterocycles. The van der Waals surface area contributed by atoms with E-state index in [1.807, 2.05) is 43.3 Å². The summed E-state index contributed by atoms with van der Waals surface area (Å²) in [6.45, 7) is 1.96. The molecule has 0 saturated carbocycles. The number of aromatic nitrogens is 1. The Hall–Kier alpha value is -2.71. The zero-order chi connectivity index (χ0) is 22.8. The molecule has 162 valence electrons. The van der Waals surface area contributed by atoms with Crippen LogP contribution in [0, 0.1) is 6.92 Å². The van der Waals surface area contributed by atoms with Crippen molar-refractivity contribution in [2.75, 3.05) is 12.4 Å². The van der Waals surface area contributed by atoms with E-state index in [0.717, 1.165) is 32.0 Å². The minimum atomic E-state index is -0.479. The van der Waals surface area contributed by atoms with Crippen LogP contribution in [0.5, 0.6) is 5.75 Å². The fourth-order valence-electron chi connectivity index (χ4n) is 3.19. The van der Waals surface area contributed by atoms with Gasteiger partial charge in [0.2, 0.25) is 0 Å². The molecule has 4 aromatic rings. The first-order chi connectivity index (χ1) is 15.4. The molecule has 3 aromatic carbocycles. The number of nitrogens with zero attached hydrogens (tertiary/aromatic N) is 1. The number of rotatable bonds is 4. The SMILES string of the molecule is COc1c(Cl)cc(Cl)cc1C(=O)NC(=S)Nc1ccc(-c2nc3ccccc3s2)cc1C. The van der Waals surface area contributed by atoms with Crippen LogP contribution >= 0.6 is 46.8 Å². The highest BCUT2D eigenvalue weighted by atomic mass is 35.5. The topological polar surface area (TPSA) is 63.2 Å². The van der Waals surface area contributed by atoms with Gasteiger partial charge in [0.15, 0.2) is 5.11 Å². The third-order valence-corrected chi connectivity index (χ3v) is 6.49. The maximum Gasteiger partial charge on any atom is 0.261 e. The number of carbonyl (C=O) groups is 1. The number of hydrogen-bond donors (Lipinski definition) is 2. The Morgan fingerprint density at radius 3 is 2.62 bits per heavy atom. The summed E-state index contributed by atoms with van der Waals surface area (Å²) in [6, 6.07) is 16.9. The van der Waals surface area contributed by atoms with Gasteiger partial charge in [-0.05, 0) is 67.2 Å². The monoisotopic (exact) mass is 501 g/mol. The lowest BCUT2D eigenvalue weighted by Crippen LogP contribution is -2.34. The third-order valence-electron chi connectivity index (χ3n) is 4.70. The number of nitrogens with one attached hydrogen (secondary N) is 2. The van der Waals surface area contributed by atoms with E-state index in [4.69, 9.17) is 45.1 Å². The molecular weight excluding hydrogens is 485 g/mol. The normalized spacial score (nSPS) is 10.8. The number of hydrogen-bond acceptors (Lipinski definition) is 5. The maximum absolute atomic E-state index is 12.7. The van der Waals surface area contributed by atoms with Gasteiger partial charge < -0.3 is 10.1 Å². The Balaban J connectivity index is 1.50. The van der Waals surface area contributed by atoms with Crippen LogP contribution in [0.1, 0.15) is 15.9 Å². The van der Waals surface area contributed by atoms with Crippen molar-refractivity contribution in [3.8, 4) is 16.3 Å². The summed E-state index contributed by atoms with van der Waals surface area (Å²) in [6.07, 6.45) is 0. The first kappa shape index (κ1) is 22.5. The van der Waals surface area contributed by atoms with Crippen LogP contribution in [0.15, 0.2) is 54.6 Å². The summed E-state index contributed by atoms with van der Waals surface area (Å²) < 4.78 is 6.37. The van der Waals surface area contributed by atoms with Gasteiger partial charge in [-0.15, -0.1) is 11.3 Å². The number of aryl methyl sites for hydroxylation is 1. The van der Waals surface area contributed by atoms with Gasteiger partial charge in [0.1, 0.15) is 10.8 Å². The number of amides is 1. The molecule has 1 aromatic heterocycles. The molecule has 0 aliphatic carbocycles. The average Bonchev–Trinajstić information content (AvgIpc) is 3.19. The van der Waals surface area contributed by atoms with Gasteiger partial charge in [0, 0.05) is 16.3 Å². The minimum absolute atomic E-state index is 0.143. The smallest absolute Gasteiger partial charge is 0.261 e. The Morgan fingerprint density at radius 2 is 1.91 bits per heavy atom. The van der Waals surface area contributed by atoms with Gasteiger partial charge in [-0.25, -0.2) is 4.98 Å². The number of carbonyl (C=O) groups excluding carboxylic acids is 1. The predicted octanol–water partition coefficient (Wildman–Crippen LogP) is 6.71. The molecule has 2 N–H and O–H groups in total. The lowest BCUT2D eigenvalue weighted by molar-refractivity contribution is 0.0975. The zero-order valence-corrected chi connectivity index (χ0v) is 20.2. The van der Waals surface area contributed by atoms with Crippen molar-refractivity contribution in [3.63, 3.8) is 0 Å². The largest absolute Gasteiger partial charge is 0.494 e. The third kappa shape index (κ3) is 4.71. The second-order valence-corrected chi connectivity index (χ2v) is 9.18. The van der Waals surface area contributed by atoms with E-state index in [0.29, 0.717) is 5.02 Å². The molecule has 0 saturated heterocycles. The van der Waals surface area contributed by atoms with Gasteiger partial charge in [0.05, 0.1) is 27.9 Å². The van der Waals surface area contributed by atoms with Gasteiger partial charge in [-0.3, -0.25) is 10.1 Å². The summed E-state index contributed by atoms with van der Waals surface area (Å²) in [4.78, 5) is 17.4. The van der Waals surface area contributed by atoms with Crippen LogP contribution in [0.4, 0.5) is 5.69 Å². The molecule has 0 unspecified atom stereocenters. The van der Waals surface area contributed by atoms with Crippen molar-refractivity contribution >= 4 is 73.7 Å². The van der Waals surface area contributed by atoms with Crippen molar-refractivity contribution in [2.45, 2.75) is 6.92 Å². The number of para-hydroxylation sites is 1. The van der Waals surface area contributed by atoms with Crippen molar-refractivity contribution in [1.29, 1.82) is 0 Å². The average molecular weight is 502 g/mol. The van der Waals surface area contributed by atoms with E-state index >= 15 is 0 Å². The number of thiazole rings is 1. The molecule has 1 amide bonds. The van der Waals surface area contributed by atoms with Crippen LogP contribution in [0.25, 0.3) is 20.8 Å². The highest BCUT2D eigenvalue weighted by molar-refractivity contribution is 7.80. The lowest BCUT2D eigenvalue weighted by atomic mass is 10.1.